The smallest absolute Gasteiger partial charge is 0.339 e. The molecule has 0 spiro atoms. The molecule has 0 unspecified atom stereocenters. The minimum absolute atomic E-state index is 0.104. The first kappa shape index (κ1) is 22.0. The number of benzene rings is 2. The largest absolute Gasteiger partial charge is 0.379 e. The second-order valence-electron chi connectivity index (χ2n) is 7.55. The SMILES string of the molecule is CC(C)c1ccc(S(=O)(=O)Oc2ccc(/C=N\N=C3\NC(=O)C(C)(C)S3)cc2)cc1. The Labute approximate surface area is 180 Å². The Bertz CT molecular complexity index is 1090. The predicted molar refractivity (Wildman–Crippen MR) is 120 cm³/mol. The van der Waals surface area contributed by atoms with Crippen LogP contribution >= 0.6 is 11.8 Å². The highest BCUT2D eigenvalue weighted by atomic mass is 32.2. The number of hydrogen-bond donors (Lipinski definition) is 1. The van der Waals surface area contributed by atoms with Gasteiger partial charge in [-0.25, -0.2) is 0 Å². The summed E-state index contributed by atoms with van der Waals surface area (Å²) >= 11 is 1.31. The van der Waals surface area contributed by atoms with Crippen LogP contribution in [0.25, 0.3) is 0 Å². The average Bonchev–Trinajstić information content (AvgIpc) is 2.94. The van der Waals surface area contributed by atoms with Gasteiger partial charge >= 0.3 is 10.1 Å². The van der Waals surface area contributed by atoms with Gasteiger partial charge in [0.2, 0.25) is 5.91 Å². The van der Waals surface area contributed by atoms with Gasteiger partial charge in [-0.15, -0.1) is 5.10 Å². The van der Waals surface area contributed by atoms with Crippen LogP contribution in [0.1, 0.15) is 44.7 Å². The number of hydrogen-bond acceptors (Lipinski definition) is 7. The molecule has 1 amide bonds. The maximum Gasteiger partial charge on any atom is 0.339 e. The number of carbonyl (C=O) groups is 1. The van der Waals surface area contributed by atoms with Gasteiger partial charge < -0.3 is 9.50 Å². The molecule has 2 aromatic rings. The van der Waals surface area contributed by atoms with Crippen LogP contribution in [0.5, 0.6) is 5.75 Å². The van der Waals surface area contributed by atoms with E-state index in [1.165, 1.54) is 18.0 Å². The van der Waals surface area contributed by atoms with Crippen LogP contribution in [0, 0.1) is 0 Å². The summed E-state index contributed by atoms with van der Waals surface area (Å²) in [5.41, 5.74) is 1.76. The fraction of sp³-hybridized carbons (Fsp3) is 0.286. The summed E-state index contributed by atoms with van der Waals surface area (Å²) in [6, 6.07) is 13.1. The van der Waals surface area contributed by atoms with Crippen LogP contribution in [0.3, 0.4) is 0 Å². The zero-order valence-electron chi connectivity index (χ0n) is 17.1. The van der Waals surface area contributed by atoms with Crippen LogP contribution in [-0.2, 0) is 14.9 Å². The Hall–Kier alpha value is -2.65. The Balaban J connectivity index is 1.65. The molecule has 2 aromatic carbocycles. The van der Waals surface area contributed by atoms with E-state index < -0.39 is 14.9 Å². The molecule has 9 heteroatoms. The number of rotatable bonds is 6. The van der Waals surface area contributed by atoms with Gasteiger partial charge in [-0.2, -0.15) is 13.5 Å². The van der Waals surface area contributed by atoms with Gasteiger partial charge in [-0.05, 0) is 67.3 Å². The Morgan fingerprint density at radius 3 is 2.23 bits per heavy atom. The highest BCUT2D eigenvalue weighted by molar-refractivity contribution is 8.16. The molecule has 3 rings (SSSR count). The molecule has 7 nitrogen and oxygen atoms in total. The van der Waals surface area contributed by atoms with E-state index in [0.29, 0.717) is 16.6 Å². The molecule has 0 aromatic heterocycles. The minimum Gasteiger partial charge on any atom is -0.379 e. The van der Waals surface area contributed by atoms with E-state index in [0.717, 1.165) is 5.56 Å². The third kappa shape index (κ3) is 5.28. The quantitative estimate of drug-likeness (QED) is 0.413. The second kappa shape index (κ2) is 8.61. The van der Waals surface area contributed by atoms with Crippen molar-refractivity contribution in [2.45, 2.75) is 43.3 Å². The lowest BCUT2D eigenvalue weighted by atomic mass is 10.0. The maximum atomic E-state index is 12.5. The molecule has 0 bridgehead atoms. The van der Waals surface area contributed by atoms with Crippen LogP contribution in [0.15, 0.2) is 63.6 Å². The van der Waals surface area contributed by atoms with E-state index in [9.17, 15) is 13.2 Å². The lowest BCUT2D eigenvalue weighted by molar-refractivity contribution is -0.120. The number of thioether (sulfide) groups is 1. The van der Waals surface area contributed by atoms with Gasteiger partial charge in [0.25, 0.3) is 0 Å². The van der Waals surface area contributed by atoms with E-state index in [1.807, 2.05) is 27.7 Å². The first-order valence-corrected chi connectivity index (χ1v) is 11.6. The summed E-state index contributed by atoms with van der Waals surface area (Å²) in [5.74, 6) is 0.409. The molecule has 0 atom stereocenters. The first-order valence-electron chi connectivity index (χ1n) is 9.33. The van der Waals surface area contributed by atoms with Crippen molar-refractivity contribution in [1.82, 2.24) is 5.32 Å². The second-order valence-corrected chi connectivity index (χ2v) is 10.7. The number of amidine groups is 1. The molecule has 1 aliphatic rings. The summed E-state index contributed by atoms with van der Waals surface area (Å²) in [6.07, 6.45) is 1.51. The van der Waals surface area contributed by atoms with Gasteiger partial charge in [0.1, 0.15) is 10.6 Å². The van der Waals surface area contributed by atoms with Crippen molar-refractivity contribution in [3.05, 3.63) is 59.7 Å². The number of nitrogens with zero attached hydrogens (tertiary/aromatic N) is 2. The average molecular weight is 446 g/mol. The van der Waals surface area contributed by atoms with Crippen molar-refractivity contribution in [1.29, 1.82) is 0 Å². The van der Waals surface area contributed by atoms with Crippen LogP contribution in [0.4, 0.5) is 0 Å². The normalized spacial score (nSPS) is 17.6. The third-order valence-corrected chi connectivity index (χ3v) is 6.73. The standard InChI is InChI=1S/C21H23N3O4S2/c1-14(2)16-7-11-18(12-8-16)30(26,27)28-17-9-5-15(6-10-17)13-22-24-20-23-19(25)21(3,4)29-20/h5-14H,1-4H3,(H,23,24,25)/b22-13-. The van der Waals surface area contributed by atoms with Crippen molar-refractivity contribution in [3.63, 3.8) is 0 Å². The summed E-state index contributed by atoms with van der Waals surface area (Å²) in [6.45, 7) is 7.70. The van der Waals surface area contributed by atoms with E-state index in [-0.39, 0.29) is 16.6 Å². The van der Waals surface area contributed by atoms with Crippen molar-refractivity contribution in [2.75, 3.05) is 0 Å². The Morgan fingerprint density at radius 1 is 1.07 bits per heavy atom. The molecule has 1 fully saturated rings. The molecule has 0 radical (unpaired) electrons. The predicted octanol–water partition coefficient (Wildman–Crippen LogP) is 3.91. The van der Waals surface area contributed by atoms with E-state index in [4.69, 9.17) is 4.18 Å². The van der Waals surface area contributed by atoms with Crippen molar-refractivity contribution in [3.8, 4) is 5.75 Å². The zero-order valence-corrected chi connectivity index (χ0v) is 18.8. The van der Waals surface area contributed by atoms with Crippen LogP contribution < -0.4 is 9.50 Å². The van der Waals surface area contributed by atoms with E-state index >= 15 is 0 Å². The number of carbonyl (C=O) groups excluding carboxylic acids is 1. The fourth-order valence-electron chi connectivity index (χ4n) is 2.56. The number of nitrogens with one attached hydrogen (secondary N) is 1. The molecule has 0 saturated carbocycles. The molecule has 30 heavy (non-hydrogen) atoms. The summed E-state index contributed by atoms with van der Waals surface area (Å²) in [4.78, 5) is 11.8. The topological polar surface area (TPSA) is 97.2 Å². The van der Waals surface area contributed by atoms with Gasteiger partial charge in [-0.1, -0.05) is 37.7 Å². The highest BCUT2D eigenvalue weighted by Gasteiger charge is 2.38. The van der Waals surface area contributed by atoms with Gasteiger partial charge in [0, 0.05) is 0 Å². The van der Waals surface area contributed by atoms with Crippen molar-refractivity contribution in [2.24, 2.45) is 10.2 Å². The molecule has 0 aliphatic carbocycles. The maximum absolute atomic E-state index is 12.5. The lowest BCUT2D eigenvalue weighted by Crippen LogP contribution is -2.30. The van der Waals surface area contributed by atoms with Crippen LogP contribution in [-0.4, -0.2) is 30.5 Å². The van der Waals surface area contributed by atoms with Crippen molar-refractivity contribution < 1.29 is 17.4 Å². The molecular weight excluding hydrogens is 422 g/mol. The number of amides is 1. The van der Waals surface area contributed by atoms with Gasteiger partial charge in [-0.3, -0.25) is 4.79 Å². The zero-order chi connectivity index (χ0) is 21.9. The van der Waals surface area contributed by atoms with Gasteiger partial charge in [0.15, 0.2) is 5.17 Å². The molecule has 1 saturated heterocycles. The van der Waals surface area contributed by atoms with E-state index in [2.05, 4.69) is 15.5 Å². The summed E-state index contributed by atoms with van der Waals surface area (Å²) in [7, 11) is -3.91. The molecular formula is C21H23N3O4S2. The lowest BCUT2D eigenvalue weighted by Gasteiger charge is -2.09. The van der Waals surface area contributed by atoms with Crippen LogP contribution in [0.2, 0.25) is 0 Å². The van der Waals surface area contributed by atoms with Crippen molar-refractivity contribution >= 4 is 39.2 Å². The fourth-order valence-corrected chi connectivity index (χ4v) is 4.35. The van der Waals surface area contributed by atoms with E-state index in [1.54, 1.807) is 48.5 Å². The third-order valence-electron chi connectivity index (χ3n) is 4.40. The minimum atomic E-state index is -3.91. The summed E-state index contributed by atoms with van der Waals surface area (Å²) in [5, 5.41) is 11.1. The van der Waals surface area contributed by atoms with Gasteiger partial charge in [0.05, 0.1) is 11.0 Å². The monoisotopic (exact) mass is 445 g/mol. The first-order chi connectivity index (χ1) is 14.1. The molecule has 1 heterocycles. The Kier molecular flexibility index (Phi) is 6.33. The molecule has 1 aliphatic heterocycles. The summed E-state index contributed by atoms with van der Waals surface area (Å²) < 4.78 is 29.6. The Morgan fingerprint density at radius 2 is 1.70 bits per heavy atom. The molecule has 158 valence electrons. The highest BCUT2D eigenvalue weighted by Crippen LogP contribution is 2.30. The molecule has 1 N–H and O–H groups in total.